The minimum absolute atomic E-state index is 0.189. The molecular formula is C18H17Cl2NO4. The van der Waals surface area contributed by atoms with Gasteiger partial charge in [-0.2, -0.15) is 0 Å². The molecule has 2 aromatic rings. The number of likely N-dealkylation sites (N-methyl/N-ethyl adjacent to an activating group) is 1. The van der Waals surface area contributed by atoms with Gasteiger partial charge in [0.05, 0.1) is 22.7 Å². The van der Waals surface area contributed by atoms with Crippen LogP contribution in [0.3, 0.4) is 0 Å². The molecule has 0 aliphatic rings. The molecule has 0 atom stereocenters. The van der Waals surface area contributed by atoms with E-state index in [0.29, 0.717) is 39.9 Å². The molecule has 0 unspecified atom stereocenters. The molecule has 0 heterocycles. The van der Waals surface area contributed by atoms with Crippen molar-refractivity contribution in [2.75, 3.05) is 20.8 Å². The van der Waals surface area contributed by atoms with Crippen molar-refractivity contribution in [1.29, 1.82) is 0 Å². The highest BCUT2D eigenvalue weighted by atomic mass is 35.5. The third kappa shape index (κ3) is 5.11. The highest BCUT2D eigenvalue weighted by Crippen LogP contribution is 2.24. The Bertz CT molecular complexity index is 780. The Morgan fingerprint density at radius 1 is 1.16 bits per heavy atom. The van der Waals surface area contributed by atoms with Crippen LogP contribution in [0.4, 0.5) is 0 Å². The molecule has 5 nitrogen and oxygen atoms in total. The lowest BCUT2D eigenvalue weighted by atomic mass is 10.2. The summed E-state index contributed by atoms with van der Waals surface area (Å²) in [5.74, 6) is 0.628. The molecule has 25 heavy (non-hydrogen) atoms. The predicted octanol–water partition coefficient (Wildman–Crippen LogP) is 3.85. The number of benzene rings is 2. The van der Waals surface area contributed by atoms with Crippen LogP contribution < -0.4 is 9.47 Å². The highest BCUT2D eigenvalue weighted by Gasteiger charge is 2.13. The monoisotopic (exact) mass is 381 g/mol. The topological polar surface area (TPSA) is 55.8 Å². The van der Waals surface area contributed by atoms with Crippen molar-refractivity contribution in [1.82, 2.24) is 4.90 Å². The Morgan fingerprint density at radius 3 is 2.56 bits per heavy atom. The number of hydrogen-bond acceptors (Lipinski definition) is 4. The lowest BCUT2D eigenvalue weighted by Gasteiger charge is -2.18. The number of carbonyl (C=O) groups is 2. The molecule has 0 fully saturated rings. The van der Waals surface area contributed by atoms with Crippen molar-refractivity contribution >= 4 is 35.4 Å². The van der Waals surface area contributed by atoms with E-state index >= 15 is 0 Å². The molecule has 0 saturated carbocycles. The molecule has 0 aromatic heterocycles. The van der Waals surface area contributed by atoms with Crippen molar-refractivity contribution in [3.05, 3.63) is 57.6 Å². The second-order valence-electron chi connectivity index (χ2n) is 5.31. The quantitative estimate of drug-likeness (QED) is 0.683. The van der Waals surface area contributed by atoms with Gasteiger partial charge in [-0.15, -0.1) is 0 Å². The fourth-order valence-electron chi connectivity index (χ4n) is 2.13. The maximum atomic E-state index is 12.2. The van der Waals surface area contributed by atoms with E-state index in [4.69, 9.17) is 32.7 Å². The Hall–Kier alpha value is -2.24. The molecule has 1 amide bonds. The Balaban J connectivity index is 1.97. The minimum Gasteiger partial charge on any atom is -0.497 e. The van der Waals surface area contributed by atoms with E-state index in [1.54, 1.807) is 43.4 Å². The number of rotatable bonds is 7. The summed E-state index contributed by atoms with van der Waals surface area (Å²) in [4.78, 5) is 24.8. The molecule has 0 saturated heterocycles. The number of halogens is 2. The molecule has 0 bridgehead atoms. The summed E-state index contributed by atoms with van der Waals surface area (Å²) in [7, 11) is 3.16. The second-order valence-corrected chi connectivity index (χ2v) is 6.12. The normalized spacial score (nSPS) is 10.2. The molecule has 0 aliphatic carbocycles. The van der Waals surface area contributed by atoms with Crippen LogP contribution in [0.5, 0.6) is 11.5 Å². The molecule has 0 spiro atoms. The first-order valence-corrected chi connectivity index (χ1v) is 8.14. The van der Waals surface area contributed by atoms with Crippen LogP contribution in [0.15, 0.2) is 36.4 Å². The lowest BCUT2D eigenvalue weighted by Crippen LogP contribution is -2.31. The van der Waals surface area contributed by atoms with Gasteiger partial charge in [0, 0.05) is 13.6 Å². The summed E-state index contributed by atoms with van der Waals surface area (Å²) in [6.45, 7) is 0.174. The van der Waals surface area contributed by atoms with Crippen LogP contribution in [0.2, 0.25) is 10.0 Å². The van der Waals surface area contributed by atoms with Gasteiger partial charge >= 0.3 is 0 Å². The molecule has 7 heteroatoms. The van der Waals surface area contributed by atoms with E-state index < -0.39 is 0 Å². The maximum absolute atomic E-state index is 12.2. The van der Waals surface area contributed by atoms with E-state index in [1.165, 1.54) is 12.0 Å². The summed E-state index contributed by atoms with van der Waals surface area (Å²) in [6, 6.07) is 9.99. The van der Waals surface area contributed by atoms with Crippen LogP contribution in [0.1, 0.15) is 15.9 Å². The van der Waals surface area contributed by atoms with Gasteiger partial charge in [0.1, 0.15) is 11.5 Å². The molecule has 132 valence electrons. The van der Waals surface area contributed by atoms with E-state index in [-0.39, 0.29) is 12.5 Å². The second kappa shape index (κ2) is 8.74. The van der Waals surface area contributed by atoms with Gasteiger partial charge < -0.3 is 14.4 Å². The SMILES string of the molecule is COc1ccc(OCC(=O)N(C)Cc2ccc(Cl)c(Cl)c2)c(C=O)c1. The van der Waals surface area contributed by atoms with Crippen molar-refractivity contribution in [2.45, 2.75) is 6.54 Å². The number of carbonyl (C=O) groups excluding carboxylic acids is 2. The van der Waals surface area contributed by atoms with E-state index in [9.17, 15) is 9.59 Å². The van der Waals surface area contributed by atoms with Crippen LogP contribution in [-0.4, -0.2) is 37.9 Å². The van der Waals surface area contributed by atoms with Crippen LogP contribution in [0.25, 0.3) is 0 Å². The fraction of sp³-hybridized carbons (Fsp3) is 0.222. The zero-order chi connectivity index (χ0) is 18.4. The van der Waals surface area contributed by atoms with E-state index in [1.807, 2.05) is 0 Å². The first-order chi connectivity index (χ1) is 11.9. The average Bonchev–Trinajstić information content (AvgIpc) is 2.62. The van der Waals surface area contributed by atoms with E-state index in [0.717, 1.165) is 5.56 Å². The van der Waals surface area contributed by atoms with Gasteiger partial charge in [-0.25, -0.2) is 0 Å². The van der Waals surface area contributed by atoms with Gasteiger partial charge in [0.2, 0.25) is 0 Å². The Labute approximate surface area is 156 Å². The van der Waals surface area contributed by atoms with Crippen LogP contribution >= 0.6 is 23.2 Å². The summed E-state index contributed by atoms with van der Waals surface area (Å²) in [6.07, 6.45) is 0.655. The number of amides is 1. The van der Waals surface area contributed by atoms with Gasteiger partial charge in [0.25, 0.3) is 5.91 Å². The number of ether oxygens (including phenoxy) is 2. The molecular weight excluding hydrogens is 365 g/mol. The Morgan fingerprint density at radius 2 is 1.92 bits per heavy atom. The maximum Gasteiger partial charge on any atom is 0.260 e. The summed E-state index contributed by atoms with van der Waals surface area (Å²) in [5, 5.41) is 0.897. The largest absolute Gasteiger partial charge is 0.497 e. The highest BCUT2D eigenvalue weighted by molar-refractivity contribution is 6.42. The lowest BCUT2D eigenvalue weighted by molar-refractivity contribution is -0.132. The Kier molecular flexibility index (Phi) is 6.67. The van der Waals surface area contributed by atoms with E-state index in [2.05, 4.69) is 0 Å². The summed E-state index contributed by atoms with van der Waals surface area (Å²) < 4.78 is 10.5. The summed E-state index contributed by atoms with van der Waals surface area (Å²) >= 11 is 11.9. The van der Waals surface area contributed by atoms with Gasteiger partial charge in [-0.3, -0.25) is 9.59 Å². The summed E-state index contributed by atoms with van der Waals surface area (Å²) in [5.41, 5.74) is 1.17. The van der Waals surface area contributed by atoms with Crippen molar-refractivity contribution in [3.63, 3.8) is 0 Å². The van der Waals surface area contributed by atoms with Crippen LogP contribution in [-0.2, 0) is 11.3 Å². The average molecular weight is 382 g/mol. The van der Waals surface area contributed by atoms with Crippen molar-refractivity contribution < 1.29 is 19.1 Å². The third-order valence-corrected chi connectivity index (χ3v) is 4.26. The molecule has 2 aromatic carbocycles. The van der Waals surface area contributed by atoms with Gasteiger partial charge in [-0.05, 0) is 35.9 Å². The fourth-order valence-corrected chi connectivity index (χ4v) is 2.45. The van der Waals surface area contributed by atoms with Crippen molar-refractivity contribution in [2.24, 2.45) is 0 Å². The smallest absolute Gasteiger partial charge is 0.260 e. The third-order valence-electron chi connectivity index (χ3n) is 3.52. The van der Waals surface area contributed by atoms with Crippen LogP contribution in [0, 0.1) is 0 Å². The van der Waals surface area contributed by atoms with Gasteiger partial charge in [0.15, 0.2) is 12.9 Å². The number of methoxy groups -OCH3 is 1. The molecule has 0 N–H and O–H groups in total. The molecule has 2 rings (SSSR count). The zero-order valence-corrected chi connectivity index (χ0v) is 15.3. The minimum atomic E-state index is -0.237. The predicted molar refractivity (Wildman–Crippen MR) is 96.8 cm³/mol. The number of aldehydes is 1. The number of hydrogen-bond donors (Lipinski definition) is 0. The molecule has 0 aliphatic heterocycles. The zero-order valence-electron chi connectivity index (χ0n) is 13.8. The number of nitrogens with zero attached hydrogens (tertiary/aromatic N) is 1. The first-order valence-electron chi connectivity index (χ1n) is 7.38. The molecule has 0 radical (unpaired) electrons. The van der Waals surface area contributed by atoms with Crippen molar-refractivity contribution in [3.8, 4) is 11.5 Å². The standard InChI is InChI=1S/C18H17Cl2NO4/c1-21(9-12-3-5-15(19)16(20)7-12)18(23)11-25-17-6-4-14(24-2)8-13(17)10-22/h3-8,10H,9,11H2,1-2H3. The first kappa shape index (κ1) is 19.1. The van der Waals surface area contributed by atoms with Gasteiger partial charge in [-0.1, -0.05) is 29.3 Å².